The van der Waals surface area contributed by atoms with Crippen molar-refractivity contribution in [2.24, 2.45) is 5.73 Å². The first kappa shape index (κ1) is 24.6. The van der Waals surface area contributed by atoms with Gasteiger partial charge in [0.1, 0.15) is 24.7 Å². The highest BCUT2D eigenvalue weighted by molar-refractivity contribution is 6.15. The van der Waals surface area contributed by atoms with Crippen LogP contribution in [0, 0.1) is 5.41 Å². The number of hydrogen-bond donors (Lipinski definition) is 3. The van der Waals surface area contributed by atoms with Gasteiger partial charge in [-0.2, -0.15) is 0 Å². The summed E-state index contributed by atoms with van der Waals surface area (Å²) in [6.07, 6.45) is 1.15. The van der Waals surface area contributed by atoms with Crippen LogP contribution in [0.5, 0.6) is 11.5 Å². The zero-order valence-electron chi connectivity index (χ0n) is 19.9. The first-order valence-corrected chi connectivity index (χ1v) is 11.4. The van der Waals surface area contributed by atoms with Crippen LogP contribution in [0.4, 0.5) is 10.5 Å². The Kier molecular flexibility index (Phi) is 8.51. The number of nitrogens with two attached hydrogens (primary N) is 1. The van der Waals surface area contributed by atoms with E-state index in [9.17, 15) is 4.79 Å². The minimum Gasteiger partial charge on any atom is -0.488 e. The highest BCUT2D eigenvalue weighted by Gasteiger charge is 2.28. The molecule has 0 atom stereocenters. The smallest absolute Gasteiger partial charge is 0.328 e. The third-order valence-electron chi connectivity index (χ3n) is 5.49. The van der Waals surface area contributed by atoms with Gasteiger partial charge in [0, 0.05) is 24.2 Å². The number of urea groups is 1. The Morgan fingerprint density at radius 2 is 1.32 bits per heavy atom. The molecule has 0 heterocycles. The average Bonchev–Trinajstić information content (AvgIpc) is 2.87. The van der Waals surface area contributed by atoms with E-state index in [1.165, 1.54) is 11.9 Å². The van der Waals surface area contributed by atoms with E-state index in [-0.39, 0.29) is 5.96 Å². The highest BCUT2D eigenvalue weighted by Crippen LogP contribution is 2.41. The van der Waals surface area contributed by atoms with Crippen LogP contribution in [-0.4, -0.2) is 19.0 Å². The number of guanidine groups is 1. The molecule has 2 amide bonds. The SMILES string of the molecule is CCc1c(OCc2ccccc2)cc(OCc2ccccc2)c(CC)c1N(C(=N)N)C(=O)NC. The molecule has 0 unspecified atom stereocenters. The minimum absolute atomic E-state index is 0.358. The Bertz CT molecular complexity index is 1050. The number of nitrogens with zero attached hydrogens (tertiary/aromatic N) is 1. The lowest BCUT2D eigenvalue weighted by molar-refractivity contribution is 0.250. The molecule has 0 aromatic heterocycles. The number of hydrogen-bond acceptors (Lipinski definition) is 4. The second-order valence-electron chi connectivity index (χ2n) is 7.71. The zero-order valence-corrected chi connectivity index (χ0v) is 19.9. The number of carbonyl (C=O) groups is 1. The molecule has 7 nitrogen and oxygen atoms in total. The van der Waals surface area contributed by atoms with Gasteiger partial charge < -0.3 is 20.5 Å². The van der Waals surface area contributed by atoms with E-state index >= 15 is 0 Å². The van der Waals surface area contributed by atoms with E-state index in [2.05, 4.69) is 5.32 Å². The molecule has 4 N–H and O–H groups in total. The van der Waals surface area contributed by atoms with Gasteiger partial charge in [-0.15, -0.1) is 0 Å². The summed E-state index contributed by atoms with van der Waals surface area (Å²) in [4.78, 5) is 14.0. The maximum atomic E-state index is 12.8. The van der Waals surface area contributed by atoms with Crippen LogP contribution in [0.15, 0.2) is 66.7 Å². The lowest BCUT2D eigenvalue weighted by atomic mass is 9.99. The van der Waals surface area contributed by atoms with Gasteiger partial charge in [0.2, 0.25) is 5.96 Å². The van der Waals surface area contributed by atoms with Crippen molar-refractivity contribution in [3.8, 4) is 11.5 Å². The fraction of sp³-hybridized carbons (Fsp3) is 0.259. The third kappa shape index (κ3) is 5.67. The average molecular weight is 461 g/mol. The van der Waals surface area contributed by atoms with E-state index < -0.39 is 6.03 Å². The molecule has 0 saturated carbocycles. The van der Waals surface area contributed by atoms with Crippen LogP contribution in [0.1, 0.15) is 36.1 Å². The summed E-state index contributed by atoms with van der Waals surface area (Å²) in [7, 11) is 1.51. The Balaban J connectivity index is 2.12. The number of rotatable bonds is 9. The van der Waals surface area contributed by atoms with Crippen molar-refractivity contribution in [1.82, 2.24) is 5.32 Å². The topological polar surface area (TPSA) is 101 Å². The fourth-order valence-corrected chi connectivity index (χ4v) is 3.83. The van der Waals surface area contributed by atoms with Crippen LogP contribution in [-0.2, 0) is 26.1 Å². The van der Waals surface area contributed by atoms with Crippen molar-refractivity contribution in [3.63, 3.8) is 0 Å². The molecule has 3 rings (SSSR count). The molecule has 178 valence electrons. The number of ether oxygens (including phenoxy) is 2. The monoisotopic (exact) mass is 460 g/mol. The van der Waals surface area contributed by atoms with Crippen LogP contribution >= 0.6 is 0 Å². The Hall–Kier alpha value is -4.00. The molecule has 7 heteroatoms. The van der Waals surface area contributed by atoms with Gasteiger partial charge in [-0.05, 0) is 24.0 Å². The number of benzene rings is 3. The molecule has 3 aromatic carbocycles. The quantitative estimate of drug-likeness (QED) is 0.309. The fourth-order valence-electron chi connectivity index (χ4n) is 3.83. The lowest BCUT2D eigenvalue weighted by Crippen LogP contribution is -2.47. The molecule has 0 spiro atoms. The van der Waals surface area contributed by atoms with Crippen molar-refractivity contribution >= 4 is 17.7 Å². The second-order valence-corrected chi connectivity index (χ2v) is 7.71. The molecule has 0 aliphatic carbocycles. The molecule has 0 saturated heterocycles. The molecule has 0 aliphatic rings. The summed E-state index contributed by atoms with van der Waals surface area (Å²) < 4.78 is 12.5. The predicted molar refractivity (Wildman–Crippen MR) is 136 cm³/mol. The number of amides is 2. The van der Waals surface area contributed by atoms with Gasteiger partial charge in [0.25, 0.3) is 0 Å². The summed E-state index contributed by atoms with van der Waals surface area (Å²) >= 11 is 0. The Morgan fingerprint density at radius 3 is 1.68 bits per heavy atom. The zero-order chi connectivity index (χ0) is 24.5. The van der Waals surface area contributed by atoms with Crippen LogP contribution in [0.25, 0.3) is 0 Å². The first-order chi connectivity index (χ1) is 16.5. The van der Waals surface area contributed by atoms with Gasteiger partial charge in [0.15, 0.2) is 0 Å². The number of carbonyl (C=O) groups excluding carboxylic acids is 1. The lowest BCUT2D eigenvalue weighted by Gasteiger charge is -2.28. The molecule has 0 radical (unpaired) electrons. The van der Waals surface area contributed by atoms with E-state index in [1.807, 2.05) is 80.6 Å². The third-order valence-corrected chi connectivity index (χ3v) is 5.49. The summed E-state index contributed by atoms with van der Waals surface area (Å²) in [5.74, 6) is 0.812. The number of nitrogens with one attached hydrogen (secondary N) is 2. The van der Waals surface area contributed by atoms with Crippen molar-refractivity contribution in [2.45, 2.75) is 39.9 Å². The molecule has 3 aromatic rings. The maximum absolute atomic E-state index is 12.8. The van der Waals surface area contributed by atoms with Gasteiger partial charge in [-0.25, -0.2) is 9.69 Å². The van der Waals surface area contributed by atoms with Crippen molar-refractivity contribution in [3.05, 3.63) is 89.0 Å². The summed E-state index contributed by atoms with van der Waals surface area (Å²) in [6, 6.07) is 21.1. The summed E-state index contributed by atoms with van der Waals surface area (Å²) in [6.45, 7) is 4.69. The van der Waals surface area contributed by atoms with Crippen molar-refractivity contribution < 1.29 is 14.3 Å². The van der Waals surface area contributed by atoms with Gasteiger partial charge in [0.05, 0.1) is 5.69 Å². The van der Waals surface area contributed by atoms with Crippen LogP contribution in [0.3, 0.4) is 0 Å². The second kappa shape index (κ2) is 11.7. The Morgan fingerprint density at radius 1 is 0.882 bits per heavy atom. The Labute approximate surface area is 201 Å². The van der Waals surface area contributed by atoms with Crippen molar-refractivity contribution in [2.75, 3.05) is 11.9 Å². The van der Waals surface area contributed by atoms with Crippen LogP contribution < -0.4 is 25.4 Å². The summed E-state index contributed by atoms with van der Waals surface area (Å²) in [5, 5.41) is 10.7. The molecule has 0 aliphatic heterocycles. The number of anilines is 1. The first-order valence-electron chi connectivity index (χ1n) is 11.4. The molecule has 0 fully saturated rings. The van der Waals surface area contributed by atoms with E-state index in [4.69, 9.17) is 20.6 Å². The van der Waals surface area contributed by atoms with Crippen LogP contribution in [0.2, 0.25) is 0 Å². The van der Waals surface area contributed by atoms with Gasteiger partial charge >= 0.3 is 6.03 Å². The largest absolute Gasteiger partial charge is 0.488 e. The molecule has 34 heavy (non-hydrogen) atoms. The van der Waals surface area contributed by atoms with E-state index in [0.717, 1.165) is 22.3 Å². The van der Waals surface area contributed by atoms with E-state index in [1.54, 1.807) is 0 Å². The normalized spacial score (nSPS) is 10.4. The molecular formula is C27H32N4O3. The van der Waals surface area contributed by atoms with Crippen molar-refractivity contribution in [1.29, 1.82) is 5.41 Å². The minimum atomic E-state index is -0.494. The van der Waals surface area contributed by atoms with Gasteiger partial charge in [-0.3, -0.25) is 5.41 Å². The summed E-state index contributed by atoms with van der Waals surface area (Å²) in [5.41, 5.74) is 10.0. The standard InChI is InChI=1S/C27H32N4O3/c1-4-21-23(33-17-19-12-8-6-9-13-19)16-24(34-18-20-14-10-7-11-15-20)22(5-2)25(21)31(26(28)29)27(32)30-3/h6-16H,4-5,17-18H2,1-3H3,(H3,28,29)(H,30,32). The molecular weight excluding hydrogens is 428 g/mol. The van der Waals surface area contributed by atoms with E-state index in [0.29, 0.717) is 43.2 Å². The molecule has 0 bridgehead atoms. The maximum Gasteiger partial charge on any atom is 0.328 e. The highest BCUT2D eigenvalue weighted by atomic mass is 16.5. The predicted octanol–water partition coefficient (Wildman–Crippen LogP) is 5.01. The van der Waals surface area contributed by atoms with Gasteiger partial charge in [-0.1, -0.05) is 74.5 Å².